The van der Waals surface area contributed by atoms with E-state index in [0.717, 1.165) is 4.88 Å². The Hall–Kier alpha value is -0.910. The van der Waals surface area contributed by atoms with Crippen molar-refractivity contribution >= 4 is 17.2 Å². The second-order valence-corrected chi connectivity index (χ2v) is 4.99. The highest BCUT2D eigenvalue weighted by Gasteiger charge is 2.12. The van der Waals surface area contributed by atoms with Gasteiger partial charge in [-0.1, -0.05) is 0 Å². The molecule has 0 bridgehead atoms. The van der Waals surface area contributed by atoms with Crippen LogP contribution in [-0.2, 0) is 16.1 Å². The Kier molecular flexibility index (Phi) is 5.45. The van der Waals surface area contributed by atoms with Crippen molar-refractivity contribution in [1.29, 1.82) is 0 Å². The molecule has 0 aliphatic rings. The number of thiophene rings is 1. The van der Waals surface area contributed by atoms with Crippen LogP contribution in [0, 0.1) is 6.92 Å². The number of methoxy groups -OCH3 is 1. The summed E-state index contributed by atoms with van der Waals surface area (Å²) in [6.07, 6.45) is 0.547. The van der Waals surface area contributed by atoms with Crippen molar-refractivity contribution in [2.45, 2.75) is 25.9 Å². The molecule has 1 aromatic heterocycles. The normalized spacial score (nSPS) is 12.4. The van der Waals surface area contributed by atoms with E-state index in [4.69, 9.17) is 10.5 Å². The zero-order valence-corrected chi connectivity index (χ0v) is 10.5. The number of amides is 1. The predicted molar refractivity (Wildman–Crippen MR) is 65.4 cm³/mol. The molecule has 0 radical (unpaired) electrons. The minimum Gasteiger partial charge on any atom is -0.385 e. The zero-order chi connectivity index (χ0) is 12.0. The summed E-state index contributed by atoms with van der Waals surface area (Å²) in [6.45, 7) is 3.10. The van der Waals surface area contributed by atoms with E-state index < -0.39 is 6.04 Å². The highest BCUT2D eigenvalue weighted by molar-refractivity contribution is 7.11. The second-order valence-electron chi connectivity index (χ2n) is 3.62. The van der Waals surface area contributed by atoms with Gasteiger partial charge < -0.3 is 15.8 Å². The zero-order valence-electron chi connectivity index (χ0n) is 9.66. The van der Waals surface area contributed by atoms with Crippen LogP contribution >= 0.6 is 11.3 Å². The summed E-state index contributed by atoms with van der Waals surface area (Å²) in [4.78, 5) is 13.9. The predicted octanol–water partition coefficient (Wildman–Crippen LogP) is 1.04. The highest BCUT2D eigenvalue weighted by Crippen LogP contribution is 2.14. The van der Waals surface area contributed by atoms with E-state index in [-0.39, 0.29) is 5.91 Å². The number of nitrogens with one attached hydrogen (secondary N) is 1. The van der Waals surface area contributed by atoms with Gasteiger partial charge in [-0.05, 0) is 25.5 Å². The Labute approximate surface area is 99.8 Å². The first kappa shape index (κ1) is 13.2. The average Bonchev–Trinajstić information content (AvgIpc) is 2.68. The van der Waals surface area contributed by atoms with Crippen LogP contribution < -0.4 is 11.1 Å². The summed E-state index contributed by atoms with van der Waals surface area (Å²) in [5, 5.41) is 2.81. The number of aryl methyl sites for hydroxylation is 1. The van der Waals surface area contributed by atoms with E-state index in [1.165, 1.54) is 4.88 Å². The lowest BCUT2D eigenvalue weighted by Gasteiger charge is -2.10. The summed E-state index contributed by atoms with van der Waals surface area (Å²) in [7, 11) is 1.60. The van der Waals surface area contributed by atoms with E-state index in [1.54, 1.807) is 18.4 Å². The van der Waals surface area contributed by atoms with Crippen molar-refractivity contribution in [3.05, 3.63) is 21.9 Å². The molecule has 90 valence electrons. The minimum absolute atomic E-state index is 0.122. The van der Waals surface area contributed by atoms with Crippen LogP contribution in [0.3, 0.4) is 0 Å². The number of rotatable bonds is 6. The maximum Gasteiger partial charge on any atom is 0.237 e. The minimum atomic E-state index is -0.485. The Morgan fingerprint density at radius 1 is 1.62 bits per heavy atom. The smallest absolute Gasteiger partial charge is 0.237 e. The van der Waals surface area contributed by atoms with Gasteiger partial charge in [-0.15, -0.1) is 11.3 Å². The van der Waals surface area contributed by atoms with Crippen molar-refractivity contribution in [3.8, 4) is 0 Å². The average molecular weight is 242 g/mol. The molecule has 0 aromatic carbocycles. The van der Waals surface area contributed by atoms with E-state index >= 15 is 0 Å². The molecular weight excluding hydrogens is 224 g/mol. The molecule has 0 aliphatic carbocycles. The van der Waals surface area contributed by atoms with Crippen LogP contribution in [0.1, 0.15) is 16.2 Å². The fraction of sp³-hybridized carbons (Fsp3) is 0.545. The highest BCUT2D eigenvalue weighted by atomic mass is 32.1. The molecule has 3 N–H and O–H groups in total. The molecule has 0 fully saturated rings. The van der Waals surface area contributed by atoms with Crippen LogP contribution in [0.4, 0.5) is 0 Å². The first-order valence-corrected chi connectivity index (χ1v) is 6.02. The molecule has 1 amide bonds. The maximum absolute atomic E-state index is 11.5. The summed E-state index contributed by atoms with van der Waals surface area (Å²) >= 11 is 1.68. The number of nitrogens with two attached hydrogens (primary N) is 1. The van der Waals surface area contributed by atoms with Gasteiger partial charge in [0.25, 0.3) is 0 Å². The number of carbonyl (C=O) groups is 1. The van der Waals surface area contributed by atoms with Crippen molar-refractivity contribution in [2.75, 3.05) is 13.7 Å². The van der Waals surface area contributed by atoms with Crippen LogP contribution in [-0.4, -0.2) is 25.7 Å². The molecule has 1 aromatic rings. The number of hydrogen-bond donors (Lipinski definition) is 2. The fourth-order valence-electron chi connectivity index (χ4n) is 1.26. The molecule has 0 aliphatic heterocycles. The molecule has 16 heavy (non-hydrogen) atoms. The van der Waals surface area contributed by atoms with Crippen molar-refractivity contribution < 1.29 is 9.53 Å². The lowest BCUT2D eigenvalue weighted by Crippen LogP contribution is -2.40. The van der Waals surface area contributed by atoms with Crippen LogP contribution in [0.5, 0.6) is 0 Å². The molecule has 5 heteroatoms. The lowest BCUT2D eigenvalue weighted by molar-refractivity contribution is -0.122. The van der Waals surface area contributed by atoms with Gasteiger partial charge in [0, 0.05) is 23.5 Å². The van der Waals surface area contributed by atoms with Gasteiger partial charge in [-0.3, -0.25) is 4.79 Å². The molecule has 1 unspecified atom stereocenters. The van der Waals surface area contributed by atoms with Crippen molar-refractivity contribution in [2.24, 2.45) is 5.73 Å². The van der Waals surface area contributed by atoms with Gasteiger partial charge in [0.15, 0.2) is 0 Å². The Morgan fingerprint density at radius 2 is 2.38 bits per heavy atom. The second kappa shape index (κ2) is 6.62. The maximum atomic E-state index is 11.5. The number of ether oxygens (including phenoxy) is 1. The Bertz CT molecular complexity index is 338. The summed E-state index contributed by atoms with van der Waals surface area (Å²) < 4.78 is 4.87. The third-order valence-corrected chi connectivity index (χ3v) is 3.20. The van der Waals surface area contributed by atoms with Crippen LogP contribution in [0.15, 0.2) is 12.1 Å². The van der Waals surface area contributed by atoms with Gasteiger partial charge >= 0.3 is 0 Å². The summed E-state index contributed by atoms with van der Waals surface area (Å²) in [5.41, 5.74) is 5.68. The summed E-state index contributed by atoms with van der Waals surface area (Å²) in [6, 6.07) is 3.57. The van der Waals surface area contributed by atoms with Crippen LogP contribution in [0.2, 0.25) is 0 Å². The fourth-order valence-corrected chi connectivity index (χ4v) is 2.09. The molecule has 0 saturated heterocycles. The van der Waals surface area contributed by atoms with Crippen molar-refractivity contribution in [3.63, 3.8) is 0 Å². The SMILES string of the molecule is COCCC(N)C(=O)NCc1ccc(C)s1. The first-order valence-electron chi connectivity index (χ1n) is 5.21. The van der Waals surface area contributed by atoms with Gasteiger partial charge in [-0.2, -0.15) is 0 Å². The van der Waals surface area contributed by atoms with Gasteiger partial charge in [0.1, 0.15) is 0 Å². The number of hydrogen-bond acceptors (Lipinski definition) is 4. The number of carbonyl (C=O) groups excluding carboxylic acids is 1. The molecule has 1 heterocycles. The molecule has 0 spiro atoms. The largest absolute Gasteiger partial charge is 0.385 e. The van der Waals surface area contributed by atoms with Crippen LogP contribution in [0.25, 0.3) is 0 Å². The molecular formula is C11H18N2O2S. The third-order valence-electron chi connectivity index (χ3n) is 2.20. The third kappa shape index (κ3) is 4.30. The van der Waals surface area contributed by atoms with E-state index in [2.05, 4.69) is 5.32 Å². The van der Waals surface area contributed by atoms with Gasteiger partial charge in [0.2, 0.25) is 5.91 Å². The molecule has 1 rings (SSSR count). The Balaban J connectivity index is 2.29. The van der Waals surface area contributed by atoms with Crippen molar-refractivity contribution in [1.82, 2.24) is 5.32 Å². The summed E-state index contributed by atoms with van der Waals surface area (Å²) in [5.74, 6) is -0.122. The monoisotopic (exact) mass is 242 g/mol. The molecule has 0 saturated carbocycles. The topological polar surface area (TPSA) is 64.3 Å². The molecule has 1 atom stereocenters. The Morgan fingerprint density at radius 3 is 2.94 bits per heavy atom. The lowest BCUT2D eigenvalue weighted by atomic mass is 10.2. The molecule has 4 nitrogen and oxygen atoms in total. The van der Waals surface area contributed by atoms with E-state index in [9.17, 15) is 4.79 Å². The first-order chi connectivity index (χ1) is 7.63. The van der Waals surface area contributed by atoms with Gasteiger partial charge in [-0.25, -0.2) is 0 Å². The standard InChI is InChI=1S/C11H18N2O2S/c1-8-3-4-9(16-8)7-13-11(14)10(12)5-6-15-2/h3-4,10H,5-7,12H2,1-2H3,(H,13,14). The quantitative estimate of drug-likeness (QED) is 0.783. The van der Waals surface area contributed by atoms with E-state index in [0.29, 0.717) is 19.6 Å². The van der Waals surface area contributed by atoms with Gasteiger partial charge in [0.05, 0.1) is 12.6 Å². The van der Waals surface area contributed by atoms with E-state index in [1.807, 2.05) is 19.1 Å².